The van der Waals surface area contributed by atoms with Gasteiger partial charge in [-0.05, 0) is 12.1 Å². The number of carbonyl (C=O) groups is 1. The number of anilines is 1. The van der Waals surface area contributed by atoms with Crippen LogP contribution < -0.4 is 5.32 Å². The molecule has 0 spiro atoms. The Kier molecular flexibility index (Phi) is 3.57. The molecule has 2 aromatic heterocycles. The number of halogens is 1. The van der Waals surface area contributed by atoms with Gasteiger partial charge in [-0.15, -0.1) is 5.10 Å². The second-order valence-corrected chi connectivity index (χ2v) is 4.41. The fourth-order valence-corrected chi connectivity index (χ4v) is 1.48. The van der Waals surface area contributed by atoms with E-state index < -0.39 is 0 Å². The van der Waals surface area contributed by atoms with E-state index in [9.17, 15) is 4.79 Å². The van der Waals surface area contributed by atoms with Crippen molar-refractivity contribution in [2.24, 2.45) is 0 Å². The standard InChI is InChI=1S/C11H12ClN5O/c1-6(2)9-15-10(17-16-9)11(18)14-7-3-4-13-8(12)5-7/h3-6H,1-2H3,(H,13,14,18)(H,15,16,17). The van der Waals surface area contributed by atoms with E-state index in [0.29, 0.717) is 16.7 Å². The summed E-state index contributed by atoms with van der Waals surface area (Å²) in [6.07, 6.45) is 1.51. The van der Waals surface area contributed by atoms with E-state index in [1.807, 2.05) is 13.8 Å². The van der Waals surface area contributed by atoms with Crippen LogP contribution in [-0.2, 0) is 0 Å². The molecule has 0 aliphatic rings. The van der Waals surface area contributed by atoms with Crippen LogP contribution in [0.25, 0.3) is 0 Å². The van der Waals surface area contributed by atoms with Crippen molar-refractivity contribution >= 4 is 23.2 Å². The zero-order chi connectivity index (χ0) is 13.1. The first-order valence-electron chi connectivity index (χ1n) is 5.41. The third kappa shape index (κ3) is 2.84. The lowest BCUT2D eigenvalue weighted by molar-refractivity contribution is 0.101. The number of hydrogen-bond acceptors (Lipinski definition) is 4. The van der Waals surface area contributed by atoms with E-state index in [0.717, 1.165) is 0 Å². The van der Waals surface area contributed by atoms with Gasteiger partial charge in [0.15, 0.2) is 0 Å². The minimum absolute atomic E-state index is 0.103. The molecule has 0 atom stereocenters. The average molecular weight is 266 g/mol. The molecule has 1 amide bonds. The highest BCUT2D eigenvalue weighted by molar-refractivity contribution is 6.29. The fraction of sp³-hybridized carbons (Fsp3) is 0.273. The molecule has 6 nitrogen and oxygen atoms in total. The van der Waals surface area contributed by atoms with Crippen LogP contribution in [0, 0.1) is 0 Å². The average Bonchev–Trinajstić information content (AvgIpc) is 2.78. The number of nitrogens with one attached hydrogen (secondary N) is 2. The van der Waals surface area contributed by atoms with Crippen molar-refractivity contribution in [2.75, 3.05) is 5.32 Å². The predicted molar refractivity (Wildman–Crippen MR) is 67.7 cm³/mol. The molecule has 0 aliphatic heterocycles. The van der Waals surface area contributed by atoms with Gasteiger partial charge in [-0.25, -0.2) is 9.97 Å². The molecule has 18 heavy (non-hydrogen) atoms. The normalized spacial score (nSPS) is 10.7. The number of aromatic nitrogens is 4. The molecule has 0 bridgehead atoms. The van der Waals surface area contributed by atoms with Crippen LogP contribution in [0.2, 0.25) is 5.15 Å². The summed E-state index contributed by atoms with van der Waals surface area (Å²) in [5.74, 6) is 0.578. The number of pyridine rings is 1. The predicted octanol–water partition coefficient (Wildman–Crippen LogP) is 2.23. The summed E-state index contributed by atoms with van der Waals surface area (Å²) in [6.45, 7) is 3.93. The first kappa shape index (κ1) is 12.5. The van der Waals surface area contributed by atoms with Gasteiger partial charge in [0, 0.05) is 17.8 Å². The summed E-state index contributed by atoms with van der Waals surface area (Å²) in [5.41, 5.74) is 0.552. The molecule has 7 heteroatoms. The molecule has 0 unspecified atom stereocenters. The Hall–Kier alpha value is -1.95. The van der Waals surface area contributed by atoms with Gasteiger partial charge in [-0.1, -0.05) is 25.4 Å². The highest BCUT2D eigenvalue weighted by atomic mass is 35.5. The Bertz CT molecular complexity index is 566. The maximum absolute atomic E-state index is 11.8. The first-order chi connectivity index (χ1) is 8.56. The first-order valence-corrected chi connectivity index (χ1v) is 5.79. The Labute approximate surface area is 109 Å². The van der Waals surface area contributed by atoms with Gasteiger partial charge in [-0.2, -0.15) is 0 Å². The second-order valence-electron chi connectivity index (χ2n) is 4.02. The molecule has 0 saturated carbocycles. The van der Waals surface area contributed by atoms with Gasteiger partial charge in [0.1, 0.15) is 11.0 Å². The van der Waals surface area contributed by atoms with Crippen LogP contribution in [0.4, 0.5) is 5.69 Å². The van der Waals surface area contributed by atoms with Crippen molar-refractivity contribution in [1.82, 2.24) is 20.2 Å². The molecule has 0 aliphatic carbocycles. The number of rotatable bonds is 3. The van der Waals surface area contributed by atoms with Gasteiger partial charge in [0.2, 0.25) is 5.82 Å². The van der Waals surface area contributed by atoms with E-state index >= 15 is 0 Å². The molecule has 2 N–H and O–H groups in total. The topological polar surface area (TPSA) is 83.6 Å². The van der Waals surface area contributed by atoms with E-state index in [-0.39, 0.29) is 17.6 Å². The van der Waals surface area contributed by atoms with Crippen LogP contribution in [0.15, 0.2) is 18.3 Å². The van der Waals surface area contributed by atoms with Gasteiger partial charge in [-0.3, -0.25) is 9.89 Å². The second kappa shape index (κ2) is 5.14. The third-order valence-electron chi connectivity index (χ3n) is 2.24. The summed E-state index contributed by atoms with van der Waals surface area (Å²) >= 11 is 5.72. The molecule has 2 aromatic rings. The maximum Gasteiger partial charge on any atom is 0.295 e. The molecule has 2 rings (SSSR count). The van der Waals surface area contributed by atoms with Gasteiger partial charge in [0.25, 0.3) is 5.91 Å². The Morgan fingerprint density at radius 1 is 1.50 bits per heavy atom. The fourth-order valence-electron chi connectivity index (χ4n) is 1.30. The van der Waals surface area contributed by atoms with Gasteiger partial charge in [0.05, 0.1) is 0 Å². The zero-order valence-corrected chi connectivity index (χ0v) is 10.7. The third-order valence-corrected chi connectivity index (χ3v) is 2.44. The molecule has 94 valence electrons. The monoisotopic (exact) mass is 265 g/mol. The summed E-state index contributed by atoms with van der Waals surface area (Å²) < 4.78 is 0. The number of carbonyl (C=O) groups excluding carboxylic acids is 1. The van der Waals surface area contributed by atoms with Gasteiger partial charge >= 0.3 is 0 Å². The van der Waals surface area contributed by atoms with Gasteiger partial charge < -0.3 is 5.32 Å². The number of hydrogen-bond donors (Lipinski definition) is 2. The van der Waals surface area contributed by atoms with Crippen molar-refractivity contribution in [3.8, 4) is 0 Å². The Balaban J connectivity index is 2.12. The quantitative estimate of drug-likeness (QED) is 0.834. The summed E-state index contributed by atoms with van der Waals surface area (Å²) in [5, 5.41) is 9.54. The molecule has 0 fully saturated rings. The van der Waals surface area contributed by atoms with E-state index in [2.05, 4.69) is 25.5 Å². The van der Waals surface area contributed by atoms with Crippen molar-refractivity contribution < 1.29 is 4.79 Å². The lowest BCUT2D eigenvalue weighted by Crippen LogP contribution is -2.13. The number of aromatic amines is 1. The molecule has 0 radical (unpaired) electrons. The highest BCUT2D eigenvalue weighted by Crippen LogP contribution is 2.13. The largest absolute Gasteiger partial charge is 0.319 e. The molecular weight excluding hydrogens is 254 g/mol. The minimum atomic E-state index is -0.389. The summed E-state index contributed by atoms with van der Waals surface area (Å²) in [4.78, 5) is 19.8. The summed E-state index contributed by atoms with van der Waals surface area (Å²) in [6, 6.07) is 3.19. The van der Waals surface area contributed by atoms with Crippen molar-refractivity contribution in [2.45, 2.75) is 19.8 Å². The van der Waals surface area contributed by atoms with Crippen molar-refractivity contribution in [1.29, 1.82) is 0 Å². The van der Waals surface area contributed by atoms with Crippen LogP contribution in [0.1, 0.15) is 36.2 Å². The smallest absolute Gasteiger partial charge is 0.295 e. The molecular formula is C11H12ClN5O. The maximum atomic E-state index is 11.8. The highest BCUT2D eigenvalue weighted by Gasteiger charge is 2.14. The van der Waals surface area contributed by atoms with Crippen molar-refractivity contribution in [3.63, 3.8) is 0 Å². The number of amides is 1. The number of H-pyrrole nitrogens is 1. The molecule has 0 saturated heterocycles. The molecule has 2 heterocycles. The van der Waals surface area contributed by atoms with Crippen LogP contribution in [0.3, 0.4) is 0 Å². The van der Waals surface area contributed by atoms with E-state index in [1.165, 1.54) is 6.20 Å². The van der Waals surface area contributed by atoms with Crippen LogP contribution >= 0.6 is 11.6 Å². The Morgan fingerprint density at radius 2 is 2.28 bits per heavy atom. The Morgan fingerprint density at radius 3 is 2.89 bits per heavy atom. The lowest BCUT2D eigenvalue weighted by Gasteiger charge is -2.01. The lowest BCUT2D eigenvalue weighted by atomic mass is 10.2. The zero-order valence-electron chi connectivity index (χ0n) is 9.94. The number of nitrogens with zero attached hydrogens (tertiary/aromatic N) is 3. The van der Waals surface area contributed by atoms with Crippen molar-refractivity contribution in [3.05, 3.63) is 35.1 Å². The SMILES string of the molecule is CC(C)c1nc(C(=O)Nc2ccnc(Cl)c2)n[nH]1. The van der Waals surface area contributed by atoms with Crippen LogP contribution in [0.5, 0.6) is 0 Å². The minimum Gasteiger partial charge on any atom is -0.319 e. The van der Waals surface area contributed by atoms with Crippen LogP contribution in [-0.4, -0.2) is 26.1 Å². The van der Waals surface area contributed by atoms with E-state index in [1.54, 1.807) is 12.1 Å². The summed E-state index contributed by atoms with van der Waals surface area (Å²) in [7, 11) is 0. The van der Waals surface area contributed by atoms with E-state index in [4.69, 9.17) is 11.6 Å². The molecule has 0 aromatic carbocycles.